The van der Waals surface area contributed by atoms with E-state index in [0.29, 0.717) is 12.4 Å². The molecular weight excluding hydrogens is 452 g/mol. The summed E-state index contributed by atoms with van der Waals surface area (Å²) in [6.45, 7) is 0.524. The summed E-state index contributed by atoms with van der Waals surface area (Å²) in [5.41, 5.74) is 4.29. The van der Waals surface area contributed by atoms with Crippen molar-refractivity contribution in [1.82, 2.24) is 24.5 Å². The summed E-state index contributed by atoms with van der Waals surface area (Å²) < 4.78 is 8.81. The monoisotopic (exact) mass is 476 g/mol. The van der Waals surface area contributed by atoms with Gasteiger partial charge >= 0.3 is 0 Å². The SMILES string of the molecule is COc1ccc(-c2nn(-c3ccccc3)cc2/C=C/C(=O)Nc2ccn(Cc3ccccn3)n2)cc1. The second-order valence-corrected chi connectivity index (χ2v) is 7.98. The molecule has 3 aromatic heterocycles. The van der Waals surface area contributed by atoms with Crippen molar-refractivity contribution in [3.63, 3.8) is 0 Å². The zero-order valence-corrected chi connectivity index (χ0v) is 19.7. The molecule has 0 radical (unpaired) electrons. The van der Waals surface area contributed by atoms with Crippen molar-refractivity contribution in [3.8, 4) is 22.7 Å². The highest BCUT2D eigenvalue weighted by atomic mass is 16.5. The van der Waals surface area contributed by atoms with Gasteiger partial charge in [0.1, 0.15) is 5.75 Å². The summed E-state index contributed by atoms with van der Waals surface area (Å²) in [4.78, 5) is 17.0. The van der Waals surface area contributed by atoms with Gasteiger partial charge in [-0.25, -0.2) is 4.68 Å². The predicted octanol–water partition coefficient (Wildman–Crippen LogP) is 4.84. The first kappa shape index (κ1) is 22.8. The Bertz CT molecular complexity index is 1470. The van der Waals surface area contributed by atoms with E-state index in [1.165, 1.54) is 6.08 Å². The standard InChI is InChI=1S/C28H24N6O2/c1-36-25-13-10-21(11-14-25)28-22(19-34(32-28)24-8-3-2-4-9-24)12-15-27(35)30-26-16-18-33(31-26)20-23-7-5-6-17-29-23/h2-19H,20H2,1H3,(H,30,31,35)/b15-12+. The van der Waals surface area contributed by atoms with Crippen molar-refractivity contribution in [3.05, 3.63) is 115 Å². The Kier molecular flexibility index (Phi) is 6.66. The Morgan fingerprint density at radius 3 is 2.53 bits per heavy atom. The lowest BCUT2D eigenvalue weighted by atomic mass is 10.1. The van der Waals surface area contributed by atoms with Crippen LogP contribution in [0.15, 0.2) is 104 Å². The molecule has 8 heteroatoms. The van der Waals surface area contributed by atoms with Crippen LogP contribution in [0.5, 0.6) is 5.75 Å². The average molecular weight is 477 g/mol. The number of para-hydroxylation sites is 1. The molecular formula is C28H24N6O2. The number of anilines is 1. The molecule has 8 nitrogen and oxygen atoms in total. The van der Waals surface area contributed by atoms with Crippen LogP contribution in [0.4, 0.5) is 5.82 Å². The number of hydrogen-bond acceptors (Lipinski definition) is 5. The molecule has 0 bridgehead atoms. The Morgan fingerprint density at radius 2 is 1.78 bits per heavy atom. The molecule has 0 atom stereocenters. The number of ether oxygens (including phenoxy) is 1. The van der Waals surface area contributed by atoms with Gasteiger partial charge in [0.2, 0.25) is 5.91 Å². The van der Waals surface area contributed by atoms with Crippen molar-refractivity contribution in [2.24, 2.45) is 0 Å². The minimum Gasteiger partial charge on any atom is -0.497 e. The molecule has 5 aromatic rings. The van der Waals surface area contributed by atoms with E-state index in [2.05, 4.69) is 15.4 Å². The first-order chi connectivity index (χ1) is 17.7. The maximum absolute atomic E-state index is 12.7. The molecule has 0 fully saturated rings. The van der Waals surface area contributed by atoms with Crippen LogP contribution in [0, 0.1) is 0 Å². The summed E-state index contributed by atoms with van der Waals surface area (Å²) in [6.07, 6.45) is 8.69. The predicted molar refractivity (Wildman–Crippen MR) is 139 cm³/mol. The molecule has 0 aliphatic carbocycles. The van der Waals surface area contributed by atoms with Gasteiger partial charge in [-0.05, 0) is 54.6 Å². The molecule has 178 valence electrons. The maximum Gasteiger partial charge on any atom is 0.249 e. The van der Waals surface area contributed by atoms with E-state index >= 15 is 0 Å². The van der Waals surface area contributed by atoms with Crippen LogP contribution < -0.4 is 10.1 Å². The molecule has 3 heterocycles. The molecule has 0 saturated carbocycles. The van der Waals surface area contributed by atoms with Gasteiger partial charge in [0.25, 0.3) is 0 Å². The first-order valence-electron chi connectivity index (χ1n) is 11.4. The lowest BCUT2D eigenvalue weighted by Gasteiger charge is -2.03. The van der Waals surface area contributed by atoms with Gasteiger partial charge < -0.3 is 10.1 Å². The van der Waals surface area contributed by atoms with Gasteiger partial charge in [0, 0.05) is 41.9 Å². The van der Waals surface area contributed by atoms with Crippen LogP contribution in [0.2, 0.25) is 0 Å². The molecule has 0 aliphatic heterocycles. The molecule has 2 aromatic carbocycles. The fourth-order valence-electron chi connectivity index (χ4n) is 3.70. The zero-order valence-electron chi connectivity index (χ0n) is 19.7. The second kappa shape index (κ2) is 10.5. The highest BCUT2D eigenvalue weighted by Crippen LogP contribution is 2.26. The van der Waals surface area contributed by atoms with Gasteiger partial charge in [-0.2, -0.15) is 10.2 Å². The lowest BCUT2D eigenvalue weighted by molar-refractivity contribution is -0.111. The van der Waals surface area contributed by atoms with Gasteiger partial charge in [0.05, 0.1) is 30.7 Å². The first-order valence-corrected chi connectivity index (χ1v) is 11.4. The van der Waals surface area contributed by atoms with Gasteiger partial charge in [-0.1, -0.05) is 24.3 Å². The highest BCUT2D eigenvalue weighted by Gasteiger charge is 2.12. The van der Waals surface area contributed by atoms with Gasteiger partial charge in [-0.3, -0.25) is 14.5 Å². The Hall–Kier alpha value is -4.98. The third-order valence-electron chi connectivity index (χ3n) is 5.48. The largest absolute Gasteiger partial charge is 0.497 e. The molecule has 0 aliphatic rings. The number of aromatic nitrogens is 5. The van der Waals surface area contributed by atoms with Crippen LogP contribution in [0.1, 0.15) is 11.3 Å². The van der Waals surface area contributed by atoms with E-state index in [0.717, 1.165) is 34.0 Å². The van der Waals surface area contributed by atoms with Crippen LogP contribution in [-0.2, 0) is 11.3 Å². The van der Waals surface area contributed by atoms with Gasteiger partial charge in [-0.15, -0.1) is 0 Å². The minimum absolute atomic E-state index is 0.286. The van der Waals surface area contributed by atoms with E-state index in [9.17, 15) is 4.79 Å². The number of pyridine rings is 1. The van der Waals surface area contributed by atoms with E-state index in [1.807, 2.05) is 79.0 Å². The summed E-state index contributed by atoms with van der Waals surface area (Å²) >= 11 is 0. The van der Waals surface area contributed by atoms with E-state index < -0.39 is 0 Å². The third-order valence-corrected chi connectivity index (χ3v) is 5.48. The van der Waals surface area contributed by atoms with Crippen molar-refractivity contribution in [2.45, 2.75) is 6.54 Å². The Labute approximate surface area is 208 Å². The van der Waals surface area contributed by atoms with Crippen molar-refractivity contribution >= 4 is 17.8 Å². The van der Waals surface area contributed by atoms with Crippen LogP contribution >= 0.6 is 0 Å². The summed E-state index contributed by atoms with van der Waals surface area (Å²) in [5, 5.41) is 12.0. The summed E-state index contributed by atoms with van der Waals surface area (Å²) in [5.74, 6) is 0.947. The fourth-order valence-corrected chi connectivity index (χ4v) is 3.70. The minimum atomic E-state index is -0.286. The lowest BCUT2D eigenvalue weighted by Crippen LogP contribution is -2.09. The summed E-state index contributed by atoms with van der Waals surface area (Å²) in [6, 6.07) is 25.0. The molecule has 1 N–H and O–H groups in total. The van der Waals surface area contributed by atoms with Crippen LogP contribution in [0.3, 0.4) is 0 Å². The van der Waals surface area contributed by atoms with Crippen molar-refractivity contribution < 1.29 is 9.53 Å². The zero-order chi connectivity index (χ0) is 24.7. The number of nitrogens with zero attached hydrogens (tertiary/aromatic N) is 5. The van der Waals surface area contributed by atoms with Crippen molar-refractivity contribution in [1.29, 1.82) is 0 Å². The number of benzene rings is 2. The average Bonchev–Trinajstić information content (AvgIpc) is 3.55. The topological polar surface area (TPSA) is 86.9 Å². The fraction of sp³-hybridized carbons (Fsp3) is 0.0714. The third kappa shape index (κ3) is 5.39. The second-order valence-electron chi connectivity index (χ2n) is 7.98. The van der Waals surface area contributed by atoms with E-state index in [1.54, 1.807) is 41.0 Å². The van der Waals surface area contributed by atoms with Crippen LogP contribution in [-0.4, -0.2) is 37.6 Å². The smallest absolute Gasteiger partial charge is 0.249 e. The number of carbonyl (C=O) groups is 1. The molecule has 0 spiro atoms. The number of nitrogens with one attached hydrogen (secondary N) is 1. The van der Waals surface area contributed by atoms with E-state index in [-0.39, 0.29) is 5.91 Å². The molecule has 0 saturated heterocycles. The number of rotatable bonds is 8. The highest BCUT2D eigenvalue weighted by molar-refractivity contribution is 6.01. The number of methoxy groups -OCH3 is 1. The van der Waals surface area contributed by atoms with Crippen LogP contribution in [0.25, 0.3) is 23.0 Å². The van der Waals surface area contributed by atoms with Gasteiger partial charge in [0.15, 0.2) is 5.82 Å². The number of hydrogen-bond donors (Lipinski definition) is 1. The molecule has 36 heavy (non-hydrogen) atoms. The van der Waals surface area contributed by atoms with E-state index in [4.69, 9.17) is 9.84 Å². The number of amides is 1. The Balaban J connectivity index is 1.35. The van der Waals surface area contributed by atoms with Crippen molar-refractivity contribution in [2.75, 3.05) is 12.4 Å². The molecule has 0 unspecified atom stereocenters. The molecule has 1 amide bonds. The maximum atomic E-state index is 12.7. The number of carbonyl (C=O) groups excluding carboxylic acids is 1. The Morgan fingerprint density at radius 1 is 0.972 bits per heavy atom. The summed E-state index contributed by atoms with van der Waals surface area (Å²) in [7, 11) is 1.63. The molecule has 5 rings (SSSR count). The normalized spacial score (nSPS) is 11.0. The quantitative estimate of drug-likeness (QED) is 0.324.